The van der Waals surface area contributed by atoms with E-state index in [0.29, 0.717) is 0 Å². The summed E-state index contributed by atoms with van der Waals surface area (Å²) in [5.41, 5.74) is -2.27. The van der Waals surface area contributed by atoms with Gasteiger partial charge in [0.25, 0.3) is 5.92 Å². The Kier molecular flexibility index (Phi) is 2.80. The van der Waals surface area contributed by atoms with Crippen molar-refractivity contribution in [2.75, 3.05) is 18.6 Å². The maximum atomic E-state index is 13.5. The standard InChI is InChI=1S/C8H12F2O4S/c1-7(6(11)14-2)5-15(12,13)4-3-8(7,9)10/h3-5H2,1-2H3. The third-order valence-electron chi connectivity index (χ3n) is 2.68. The number of hydrogen-bond acceptors (Lipinski definition) is 4. The van der Waals surface area contributed by atoms with Gasteiger partial charge in [-0.3, -0.25) is 4.79 Å². The lowest BCUT2D eigenvalue weighted by atomic mass is 9.83. The summed E-state index contributed by atoms with van der Waals surface area (Å²) in [6.45, 7) is 0.926. The second-order valence-corrected chi connectivity index (χ2v) is 6.05. The molecule has 0 aliphatic carbocycles. The van der Waals surface area contributed by atoms with Gasteiger partial charge in [0.1, 0.15) is 5.41 Å². The van der Waals surface area contributed by atoms with Crippen molar-refractivity contribution in [1.29, 1.82) is 0 Å². The van der Waals surface area contributed by atoms with Gasteiger partial charge in [0.15, 0.2) is 9.84 Å². The van der Waals surface area contributed by atoms with Crippen LogP contribution in [0.15, 0.2) is 0 Å². The van der Waals surface area contributed by atoms with Gasteiger partial charge in [-0.25, -0.2) is 17.2 Å². The SMILES string of the molecule is COC(=O)C1(C)CS(=O)(=O)CCC1(F)F. The molecular weight excluding hydrogens is 230 g/mol. The fraction of sp³-hybridized carbons (Fsp3) is 0.875. The molecule has 1 atom stereocenters. The van der Waals surface area contributed by atoms with Gasteiger partial charge in [-0.05, 0) is 6.92 Å². The van der Waals surface area contributed by atoms with E-state index in [2.05, 4.69) is 4.74 Å². The van der Waals surface area contributed by atoms with E-state index in [-0.39, 0.29) is 0 Å². The molecule has 0 radical (unpaired) electrons. The van der Waals surface area contributed by atoms with E-state index in [9.17, 15) is 22.0 Å². The maximum absolute atomic E-state index is 13.5. The summed E-state index contributed by atoms with van der Waals surface area (Å²) in [4.78, 5) is 11.2. The van der Waals surface area contributed by atoms with Crippen LogP contribution in [0.3, 0.4) is 0 Å². The van der Waals surface area contributed by atoms with Gasteiger partial charge in [-0.1, -0.05) is 0 Å². The van der Waals surface area contributed by atoms with Crippen molar-refractivity contribution in [3.63, 3.8) is 0 Å². The molecule has 15 heavy (non-hydrogen) atoms. The van der Waals surface area contributed by atoms with Gasteiger partial charge in [0.05, 0.1) is 18.6 Å². The normalized spacial score (nSPS) is 33.3. The lowest BCUT2D eigenvalue weighted by molar-refractivity contribution is -0.177. The highest BCUT2D eigenvalue weighted by Gasteiger charge is 2.61. The average molecular weight is 242 g/mol. The minimum atomic E-state index is -3.60. The van der Waals surface area contributed by atoms with Gasteiger partial charge < -0.3 is 4.74 Å². The van der Waals surface area contributed by atoms with E-state index in [4.69, 9.17) is 0 Å². The number of esters is 1. The van der Waals surface area contributed by atoms with Crippen LogP contribution in [0.5, 0.6) is 0 Å². The summed E-state index contributed by atoms with van der Waals surface area (Å²) in [5.74, 6) is -5.98. The molecule has 0 aromatic carbocycles. The van der Waals surface area contributed by atoms with Gasteiger partial charge in [0.2, 0.25) is 0 Å². The highest BCUT2D eigenvalue weighted by Crippen LogP contribution is 2.45. The van der Waals surface area contributed by atoms with Crippen molar-refractivity contribution >= 4 is 15.8 Å². The Labute approximate surface area is 86.5 Å². The number of alkyl halides is 2. The zero-order valence-corrected chi connectivity index (χ0v) is 9.23. The lowest BCUT2D eigenvalue weighted by Gasteiger charge is -2.37. The molecule has 0 saturated carbocycles. The molecule has 88 valence electrons. The highest BCUT2D eigenvalue weighted by molar-refractivity contribution is 7.91. The van der Waals surface area contributed by atoms with Crippen LogP contribution in [0.4, 0.5) is 8.78 Å². The van der Waals surface area contributed by atoms with Crippen LogP contribution in [0.2, 0.25) is 0 Å². The molecule has 0 N–H and O–H groups in total. The molecule has 1 rings (SSSR count). The van der Waals surface area contributed by atoms with Crippen LogP contribution < -0.4 is 0 Å². The van der Waals surface area contributed by atoms with Crippen LogP contribution in [0.25, 0.3) is 0 Å². The van der Waals surface area contributed by atoms with Gasteiger partial charge in [-0.15, -0.1) is 0 Å². The van der Waals surface area contributed by atoms with Crippen molar-refractivity contribution in [2.45, 2.75) is 19.3 Å². The Morgan fingerprint density at radius 2 is 1.93 bits per heavy atom. The summed E-state index contributed by atoms with van der Waals surface area (Å²) < 4.78 is 53.6. The number of methoxy groups -OCH3 is 1. The van der Waals surface area contributed by atoms with Gasteiger partial charge in [0, 0.05) is 6.42 Å². The molecule has 0 amide bonds. The Hall–Kier alpha value is -0.720. The van der Waals surface area contributed by atoms with E-state index in [1.807, 2.05) is 0 Å². The van der Waals surface area contributed by atoms with Crippen molar-refractivity contribution in [2.24, 2.45) is 5.41 Å². The molecular formula is C8H12F2O4S. The monoisotopic (exact) mass is 242 g/mol. The summed E-state index contributed by atoms with van der Waals surface area (Å²) in [6, 6.07) is 0. The summed E-state index contributed by atoms with van der Waals surface area (Å²) >= 11 is 0. The summed E-state index contributed by atoms with van der Waals surface area (Å²) in [5, 5.41) is 0. The number of rotatable bonds is 1. The highest BCUT2D eigenvalue weighted by atomic mass is 32.2. The smallest absolute Gasteiger partial charge is 0.318 e. The minimum absolute atomic E-state index is 0.591. The molecule has 1 aliphatic heterocycles. The van der Waals surface area contributed by atoms with Crippen molar-refractivity contribution < 1.29 is 26.7 Å². The lowest BCUT2D eigenvalue weighted by Crippen LogP contribution is -2.55. The molecule has 1 aliphatic rings. The fourth-order valence-corrected chi connectivity index (χ4v) is 3.53. The molecule has 0 aromatic rings. The minimum Gasteiger partial charge on any atom is -0.468 e. The van der Waals surface area contributed by atoms with Crippen molar-refractivity contribution in [1.82, 2.24) is 0 Å². The van der Waals surface area contributed by atoms with E-state index < -0.39 is 45.1 Å². The van der Waals surface area contributed by atoms with Crippen LogP contribution >= 0.6 is 0 Å². The topological polar surface area (TPSA) is 60.4 Å². The predicted molar refractivity (Wildman–Crippen MR) is 48.3 cm³/mol. The number of sulfone groups is 1. The largest absolute Gasteiger partial charge is 0.468 e. The Morgan fingerprint density at radius 3 is 2.40 bits per heavy atom. The first-order valence-corrected chi connectivity index (χ1v) is 6.13. The van der Waals surface area contributed by atoms with Crippen LogP contribution in [0, 0.1) is 5.41 Å². The number of hydrogen-bond donors (Lipinski definition) is 0. The molecule has 1 heterocycles. The van der Waals surface area contributed by atoms with Crippen molar-refractivity contribution in [3.05, 3.63) is 0 Å². The average Bonchev–Trinajstić information content (AvgIpc) is 2.11. The number of ether oxygens (including phenoxy) is 1. The van der Waals surface area contributed by atoms with E-state index >= 15 is 0 Å². The number of halogens is 2. The van der Waals surface area contributed by atoms with Gasteiger partial charge in [-0.2, -0.15) is 0 Å². The number of carbonyl (C=O) groups is 1. The Bertz CT molecular complexity index is 376. The van der Waals surface area contributed by atoms with Gasteiger partial charge >= 0.3 is 5.97 Å². The van der Waals surface area contributed by atoms with Crippen molar-refractivity contribution in [3.8, 4) is 0 Å². The first kappa shape index (κ1) is 12.4. The van der Waals surface area contributed by atoms with Crippen LogP contribution in [-0.2, 0) is 19.4 Å². The Balaban J connectivity index is 3.16. The van der Waals surface area contributed by atoms with E-state index in [0.717, 1.165) is 14.0 Å². The third-order valence-corrected chi connectivity index (χ3v) is 4.52. The zero-order chi connectivity index (χ0) is 11.9. The first-order chi connectivity index (χ1) is 6.65. The molecule has 4 nitrogen and oxygen atoms in total. The van der Waals surface area contributed by atoms with Crippen LogP contribution in [0.1, 0.15) is 13.3 Å². The molecule has 0 aromatic heterocycles. The van der Waals surface area contributed by atoms with Crippen LogP contribution in [-0.4, -0.2) is 38.9 Å². The quantitative estimate of drug-likeness (QED) is 0.632. The van der Waals surface area contributed by atoms with E-state index in [1.54, 1.807) is 0 Å². The molecule has 0 bridgehead atoms. The molecule has 1 unspecified atom stereocenters. The summed E-state index contributed by atoms with van der Waals surface area (Å²) in [6.07, 6.45) is -0.832. The number of carbonyl (C=O) groups excluding carboxylic acids is 1. The zero-order valence-electron chi connectivity index (χ0n) is 8.42. The predicted octanol–water partition coefficient (Wildman–Crippen LogP) is 0.620. The first-order valence-electron chi connectivity index (χ1n) is 4.31. The Morgan fingerprint density at radius 1 is 1.40 bits per heavy atom. The second-order valence-electron chi connectivity index (χ2n) is 3.87. The molecule has 1 fully saturated rings. The third kappa shape index (κ3) is 1.97. The molecule has 1 saturated heterocycles. The molecule has 0 spiro atoms. The van der Waals surface area contributed by atoms with E-state index in [1.165, 1.54) is 0 Å². The fourth-order valence-electron chi connectivity index (χ4n) is 1.61. The maximum Gasteiger partial charge on any atom is 0.318 e. The second kappa shape index (κ2) is 3.40. The summed E-state index contributed by atoms with van der Waals surface area (Å²) in [7, 11) is -2.63. The molecule has 7 heteroatoms.